The van der Waals surface area contributed by atoms with E-state index in [1.54, 1.807) is 48.5 Å². The van der Waals surface area contributed by atoms with Crippen LogP contribution in [-0.4, -0.2) is 27.8 Å². The first kappa shape index (κ1) is 25.1. The van der Waals surface area contributed by atoms with Gasteiger partial charge in [0, 0.05) is 33.3 Å². The predicted molar refractivity (Wildman–Crippen MR) is 141 cm³/mol. The number of nitro benzene ring substituents is 1. The summed E-state index contributed by atoms with van der Waals surface area (Å²) in [7, 11) is 0. The van der Waals surface area contributed by atoms with Crippen LogP contribution in [0.5, 0.6) is 17.2 Å². The fourth-order valence-corrected chi connectivity index (χ4v) is 5.09. The van der Waals surface area contributed by atoms with Crippen LogP contribution in [0.2, 0.25) is 5.02 Å². The van der Waals surface area contributed by atoms with Crippen LogP contribution in [0.4, 0.5) is 10.5 Å². The monoisotopic (exact) mass is 602 g/mol. The zero-order chi connectivity index (χ0) is 26.1. The number of halogens is 2. The third-order valence-corrected chi connectivity index (χ3v) is 7.30. The second kappa shape index (κ2) is 10.4. The molecule has 0 spiro atoms. The fourth-order valence-electron chi connectivity index (χ4n) is 3.67. The van der Waals surface area contributed by atoms with Crippen LogP contribution in [0, 0.1) is 10.1 Å². The van der Waals surface area contributed by atoms with Crippen LogP contribution in [0.1, 0.15) is 16.7 Å². The van der Waals surface area contributed by atoms with Crippen molar-refractivity contribution in [2.75, 3.05) is 6.79 Å². The number of rotatable bonds is 7. The molecule has 0 saturated carbocycles. The van der Waals surface area contributed by atoms with Crippen LogP contribution in [-0.2, 0) is 17.9 Å². The Morgan fingerprint density at radius 1 is 1.11 bits per heavy atom. The molecule has 1 saturated heterocycles. The molecule has 0 atom stereocenters. The van der Waals surface area contributed by atoms with E-state index in [9.17, 15) is 19.7 Å². The average molecular weight is 604 g/mol. The summed E-state index contributed by atoms with van der Waals surface area (Å²) in [5.74, 6) is 1.04. The SMILES string of the molecule is O=C1S/C(=C\c2cc(Br)ccc2OCc2ccc([N+](=O)[O-])cc2)C(=O)N1Cc1cc2c(cc1Cl)OCO2. The van der Waals surface area contributed by atoms with Crippen molar-refractivity contribution in [1.82, 2.24) is 4.90 Å². The van der Waals surface area contributed by atoms with Gasteiger partial charge < -0.3 is 14.2 Å². The van der Waals surface area contributed by atoms with E-state index in [-0.39, 0.29) is 30.5 Å². The lowest BCUT2D eigenvalue weighted by atomic mass is 10.1. The molecule has 2 heterocycles. The maximum absolute atomic E-state index is 13.1. The van der Waals surface area contributed by atoms with Gasteiger partial charge in [0.25, 0.3) is 16.8 Å². The number of fused-ring (bicyclic) bond motifs is 1. The highest BCUT2D eigenvalue weighted by molar-refractivity contribution is 9.10. The van der Waals surface area contributed by atoms with Gasteiger partial charge in [-0.2, -0.15) is 0 Å². The summed E-state index contributed by atoms with van der Waals surface area (Å²) in [4.78, 5) is 37.6. The highest BCUT2D eigenvalue weighted by Crippen LogP contribution is 2.40. The van der Waals surface area contributed by atoms with Crippen LogP contribution >= 0.6 is 39.3 Å². The van der Waals surface area contributed by atoms with Gasteiger partial charge in [0.15, 0.2) is 11.5 Å². The lowest BCUT2D eigenvalue weighted by molar-refractivity contribution is -0.384. The number of non-ortho nitro benzene ring substituents is 1. The molecular formula is C25H16BrClN2O7S. The van der Waals surface area contributed by atoms with Crippen LogP contribution in [0.3, 0.4) is 0 Å². The second-order valence-electron chi connectivity index (χ2n) is 7.96. The van der Waals surface area contributed by atoms with E-state index < -0.39 is 16.1 Å². The Bertz CT molecular complexity index is 1460. The number of hydrogen-bond acceptors (Lipinski definition) is 8. The Kier molecular flexibility index (Phi) is 7.09. The quantitative estimate of drug-likeness (QED) is 0.170. The first-order valence-corrected chi connectivity index (χ1v) is 12.8. The second-order valence-corrected chi connectivity index (χ2v) is 10.3. The van der Waals surface area contributed by atoms with Crippen molar-refractivity contribution in [3.8, 4) is 17.2 Å². The Hall–Kier alpha value is -3.54. The summed E-state index contributed by atoms with van der Waals surface area (Å²) in [5.41, 5.74) is 1.87. The van der Waals surface area contributed by atoms with E-state index in [0.717, 1.165) is 26.7 Å². The van der Waals surface area contributed by atoms with E-state index >= 15 is 0 Å². The molecule has 0 N–H and O–H groups in total. The smallest absolute Gasteiger partial charge is 0.293 e. The van der Waals surface area contributed by atoms with Crippen molar-refractivity contribution in [2.24, 2.45) is 0 Å². The van der Waals surface area contributed by atoms with Crippen LogP contribution < -0.4 is 14.2 Å². The van der Waals surface area contributed by atoms with Crippen molar-refractivity contribution in [2.45, 2.75) is 13.2 Å². The molecule has 2 aliphatic rings. The number of carbonyl (C=O) groups is 2. The van der Waals surface area contributed by atoms with Crippen molar-refractivity contribution in [3.63, 3.8) is 0 Å². The number of nitrogens with zero attached hydrogens (tertiary/aromatic N) is 2. The minimum atomic E-state index is -0.467. The summed E-state index contributed by atoms with van der Waals surface area (Å²) in [6.07, 6.45) is 1.60. The predicted octanol–water partition coefficient (Wildman–Crippen LogP) is 6.55. The first-order chi connectivity index (χ1) is 17.8. The van der Waals surface area contributed by atoms with Gasteiger partial charge in [0.2, 0.25) is 6.79 Å². The van der Waals surface area contributed by atoms with E-state index in [2.05, 4.69) is 15.9 Å². The topological polar surface area (TPSA) is 108 Å². The third kappa shape index (κ3) is 5.43. The Morgan fingerprint density at radius 2 is 1.84 bits per heavy atom. The highest BCUT2D eigenvalue weighted by atomic mass is 79.9. The Morgan fingerprint density at radius 3 is 2.57 bits per heavy atom. The standard InChI is InChI=1S/C25H16BrClN2O7S/c26-17-3-6-20(34-12-14-1-4-18(5-2-14)29(32)33)15(7-17)9-23-24(30)28(25(31)37-23)11-16-8-21-22(10-19(16)27)36-13-35-21/h1-10H,11-13H2/b23-9-. The van der Waals surface area contributed by atoms with Crippen molar-refractivity contribution in [3.05, 3.63) is 95.8 Å². The van der Waals surface area contributed by atoms with Gasteiger partial charge in [-0.3, -0.25) is 24.6 Å². The minimum absolute atomic E-state index is 0.00848. The molecule has 0 unspecified atom stereocenters. The first-order valence-electron chi connectivity index (χ1n) is 10.8. The lowest BCUT2D eigenvalue weighted by Gasteiger charge is -2.14. The molecule has 5 rings (SSSR count). The molecule has 2 aliphatic heterocycles. The highest BCUT2D eigenvalue weighted by Gasteiger charge is 2.36. The molecule has 1 fully saturated rings. The zero-order valence-electron chi connectivity index (χ0n) is 18.8. The molecule has 3 aromatic carbocycles. The molecule has 12 heteroatoms. The molecule has 188 valence electrons. The van der Waals surface area contributed by atoms with Gasteiger partial charge in [-0.05, 0) is 65.4 Å². The van der Waals surface area contributed by atoms with Gasteiger partial charge in [0.1, 0.15) is 12.4 Å². The number of thioether (sulfide) groups is 1. The van der Waals surface area contributed by atoms with E-state index in [4.69, 9.17) is 25.8 Å². The van der Waals surface area contributed by atoms with E-state index in [0.29, 0.717) is 33.4 Å². The maximum Gasteiger partial charge on any atom is 0.293 e. The van der Waals surface area contributed by atoms with Crippen LogP contribution in [0.25, 0.3) is 6.08 Å². The zero-order valence-corrected chi connectivity index (χ0v) is 22.0. The summed E-state index contributed by atoms with van der Waals surface area (Å²) in [5, 5.41) is 10.8. The van der Waals surface area contributed by atoms with Gasteiger partial charge in [0.05, 0.1) is 16.4 Å². The largest absolute Gasteiger partial charge is 0.488 e. The van der Waals surface area contributed by atoms with Gasteiger partial charge >= 0.3 is 0 Å². The van der Waals surface area contributed by atoms with Gasteiger partial charge in [-0.1, -0.05) is 27.5 Å². The number of amides is 2. The molecule has 0 radical (unpaired) electrons. The molecular weight excluding hydrogens is 588 g/mol. The average Bonchev–Trinajstić information content (AvgIpc) is 3.43. The number of nitro groups is 1. The molecule has 0 aromatic heterocycles. The van der Waals surface area contributed by atoms with Crippen molar-refractivity contribution >= 4 is 62.2 Å². The number of benzene rings is 3. The fraction of sp³-hybridized carbons (Fsp3) is 0.120. The molecule has 0 aliphatic carbocycles. The lowest BCUT2D eigenvalue weighted by Crippen LogP contribution is -2.27. The van der Waals surface area contributed by atoms with Crippen molar-refractivity contribution in [1.29, 1.82) is 0 Å². The molecule has 3 aromatic rings. The maximum atomic E-state index is 13.1. The third-order valence-electron chi connectivity index (χ3n) is 5.54. The van der Waals surface area contributed by atoms with Gasteiger partial charge in [-0.25, -0.2) is 0 Å². The summed E-state index contributed by atoms with van der Waals surface area (Å²) >= 11 is 10.6. The van der Waals surface area contributed by atoms with E-state index in [1.807, 2.05) is 0 Å². The molecule has 2 amide bonds. The normalized spacial score (nSPS) is 15.5. The summed E-state index contributed by atoms with van der Waals surface area (Å²) in [6.45, 7) is 0.227. The molecule has 37 heavy (non-hydrogen) atoms. The molecule has 9 nitrogen and oxygen atoms in total. The number of hydrogen-bond donors (Lipinski definition) is 0. The Balaban J connectivity index is 1.34. The van der Waals surface area contributed by atoms with E-state index in [1.165, 1.54) is 12.1 Å². The van der Waals surface area contributed by atoms with Crippen LogP contribution in [0.15, 0.2) is 64.0 Å². The molecule has 0 bridgehead atoms. The minimum Gasteiger partial charge on any atom is -0.488 e. The van der Waals surface area contributed by atoms with Gasteiger partial charge in [-0.15, -0.1) is 0 Å². The number of carbonyl (C=O) groups excluding carboxylic acids is 2. The Labute approximate surface area is 228 Å². The summed E-state index contributed by atoms with van der Waals surface area (Å²) in [6, 6.07) is 14.6. The summed E-state index contributed by atoms with van der Waals surface area (Å²) < 4.78 is 17.4. The number of ether oxygens (including phenoxy) is 3. The van der Waals surface area contributed by atoms with Crippen molar-refractivity contribution < 1.29 is 28.7 Å². The number of imide groups is 1.